The zero-order valence-electron chi connectivity index (χ0n) is 8.83. The molecule has 0 fully saturated rings. The van der Waals surface area contributed by atoms with E-state index in [2.05, 4.69) is 26.1 Å². The van der Waals surface area contributed by atoms with Crippen LogP contribution >= 0.6 is 15.9 Å². The molecule has 1 heterocycles. The minimum absolute atomic E-state index is 0.257. The van der Waals surface area contributed by atoms with Crippen molar-refractivity contribution < 1.29 is 8.42 Å². The van der Waals surface area contributed by atoms with Crippen molar-refractivity contribution in [2.24, 2.45) is 12.2 Å². The summed E-state index contributed by atoms with van der Waals surface area (Å²) in [5, 5.41) is 12.2. The number of benzene rings is 1. The molecule has 1 aromatic carbocycles. The van der Waals surface area contributed by atoms with Gasteiger partial charge in [-0.1, -0.05) is 28.1 Å². The fourth-order valence-electron chi connectivity index (χ4n) is 1.44. The molecule has 0 saturated heterocycles. The molecule has 2 aromatic rings. The maximum atomic E-state index is 11.2. The number of nitrogens with two attached hydrogens (primary N) is 1. The van der Waals surface area contributed by atoms with Crippen molar-refractivity contribution in [3.63, 3.8) is 0 Å². The highest BCUT2D eigenvalue weighted by Gasteiger charge is 2.19. The van der Waals surface area contributed by atoms with Crippen LogP contribution in [0.2, 0.25) is 0 Å². The zero-order chi connectivity index (χ0) is 12.6. The topological polar surface area (TPSA) is 90.9 Å². The van der Waals surface area contributed by atoms with Crippen LogP contribution < -0.4 is 5.14 Å². The van der Waals surface area contributed by atoms with Crippen LogP contribution in [0.1, 0.15) is 0 Å². The smallest absolute Gasteiger partial charge is 0.273 e. The number of nitrogens with zero attached hydrogens (tertiary/aromatic N) is 3. The molecule has 0 atom stereocenters. The molecule has 0 unspecified atom stereocenters. The van der Waals surface area contributed by atoms with Gasteiger partial charge in [-0.15, -0.1) is 10.2 Å². The Bertz CT molecular complexity index is 665. The third-order valence-corrected chi connectivity index (χ3v) is 3.53. The number of hydrogen-bond donors (Lipinski definition) is 1. The second kappa shape index (κ2) is 4.21. The number of halogens is 1. The van der Waals surface area contributed by atoms with E-state index in [4.69, 9.17) is 5.14 Å². The molecule has 8 heteroatoms. The number of primary sulfonamides is 1. The van der Waals surface area contributed by atoms with Gasteiger partial charge in [0.1, 0.15) is 0 Å². The third-order valence-electron chi connectivity index (χ3n) is 2.17. The molecule has 2 rings (SSSR count). The monoisotopic (exact) mass is 316 g/mol. The average molecular weight is 317 g/mol. The summed E-state index contributed by atoms with van der Waals surface area (Å²) < 4.78 is 24.6. The largest absolute Gasteiger partial charge is 0.300 e. The lowest BCUT2D eigenvalue weighted by atomic mass is 10.2. The van der Waals surface area contributed by atoms with Gasteiger partial charge in [-0.3, -0.25) is 4.57 Å². The number of hydrogen-bond acceptors (Lipinski definition) is 4. The van der Waals surface area contributed by atoms with Gasteiger partial charge in [0.15, 0.2) is 5.82 Å². The molecule has 0 aliphatic rings. The molecule has 0 aliphatic carbocycles. The van der Waals surface area contributed by atoms with Crippen molar-refractivity contribution >= 4 is 26.0 Å². The third kappa shape index (κ3) is 2.38. The SMILES string of the molecule is Cn1c(-c2cccc(Br)c2)nnc1S(N)(=O)=O. The lowest BCUT2D eigenvalue weighted by Gasteiger charge is -2.02. The highest BCUT2D eigenvalue weighted by molar-refractivity contribution is 9.10. The highest BCUT2D eigenvalue weighted by atomic mass is 79.9. The van der Waals surface area contributed by atoms with E-state index >= 15 is 0 Å². The molecule has 0 radical (unpaired) electrons. The van der Waals surface area contributed by atoms with E-state index in [-0.39, 0.29) is 5.16 Å². The summed E-state index contributed by atoms with van der Waals surface area (Å²) in [5.41, 5.74) is 0.754. The predicted octanol–water partition coefficient (Wildman–Crippen LogP) is 0.892. The quantitative estimate of drug-likeness (QED) is 0.890. The van der Waals surface area contributed by atoms with Crippen molar-refractivity contribution in [2.75, 3.05) is 0 Å². The Morgan fingerprint density at radius 1 is 1.35 bits per heavy atom. The summed E-state index contributed by atoms with van der Waals surface area (Å²) in [6, 6.07) is 7.31. The summed E-state index contributed by atoms with van der Waals surface area (Å²) in [6.07, 6.45) is 0. The molecule has 2 N–H and O–H groups in total. The van der Waals surface area contributed by atoms with Gasteiger partial charge < -0.3 is 0 Å². The Morgan fingerprint density at radius 3 is 2.59 bits per heavy atom. The van der Waals surface area contributed by atoms with Crippen molar-refractivity contribution in [1.29, 1.82) is 0 Å². The van der Waals surface area contributed by atoms with Crippen LogP contribution in [0.4, 0.5) is 0 Å². The van der Waals surface area contributed by atoms with Crippen molar-refractivity contribution in [3.8, 4) is 11.4 Å². The van der Waals surface area contributed by atoms with E-state index in [9.17, 15) is 8.42 Å². The fourth-order valence-corrected chi connectivity index (χ4v) is 2.46. The van der Waals surface area contributed by atoms with Gasteiger partial charge in [-0.2, -0.15) is 0 Å². The molecule has 0 bridgehead atoms. The Morgan fingerprint density at radius 2 is 2.06 bits per heavy atom. The van der Waals surface area contributed by atoms with Crippen LogP contribution in [-0.2, 0) is 17.1 Å². The molecule has 0 saturated carbocycles. The van der Waals surface area contributed by atoms with Gasteiger partial charge in [0.25, 0.3) is 15.2 Å². The van der Waals surface area contributed by atoms with E-state index in [1.54, 1.807) is 7.05 Å². The molecular formula is C9H9BrN4O2S. The van der Waals surface area contributed by atoms with E-state index in [1.807, 2.05) is 24.3 Å². The first kappa shape index (κ1) is 12.2. The first-order chi connectivity index (χ1) is 7.89. The molecule has 90 valence electrons. The standard InChI is InChI=1S/C9H9BrN4O2S/c1-14-8(6-3-2-4-7(10)5-6)12-13-9(14)17(11,15)16/h2-5H,1H3,(H2,11,15,16). The van der Waals surface area contributed by atoms with Crippen LogP contribution in [-0.4, -0.2) is 23.2 Å². The molecular weight excluding hydrogens is 308 g/mol. The van der Waals surface area contributed by atoms with E-state index < -0.39 is 10.0 Å². The lowest BCUT2D eigenvalue weighted by molar-refractivity contribution is 0.580. The van der Waals surface area contributed by atoms with Crippen LogP contribution in [0.25, 0.3) is 11.4 Å². The van der Waals surface area contributed by atoms with Crippen molar-refractivity contribution in [2.45, 2.75) is 5.16 Å². The first-order valence-corrected chi connectivity index (χ1v) is 6.91. The lowest BCUT2D eigenvalue weighted by Crippen LogP contribution is -2.17. The van der Waals surface area contributed by atoms with Gasteiger partial charge in [-0.25, -0.2) is 13.6 Å². The summed E-state index contributed by atoms with van der Waals surface area (Å²) >= 11 is 3.33. The van der Waals surface area contributed by atoms with E-state index in [0.29, 0.717) is 5.82 Å². The Labute approximate surface area is 107 Å². The molecule has 1 aromatic heterocycles. The summed E-state index contributed by atoms with van der Waals surface area (Å²) in [4.78, 5) is 0. The summed E-state index contributed by atoms with van der Waals surface area (Å²) in [7, 11) is -2.30. The average Bonchev–Trinajstić information content (AvgIpc) is 2.59. The Balaban J connectivity index is 2.60. The Kier molecular flexibility index (Phi) is 3.02. The van der Waals surface area contributed by atoms with Crippen LogP contribution in [0.3, 0.4) is 0 Å². The molecule has 6 nitrogen and oxygen atoms in total. The van der Waals surface area contributed by atoms with Crippen molar-refractivity contribution in [1.82, 2.24) is 14.8 Å². The molecule has 0 spiro atoms. The van der Waals surface area contributed by atoms with Crippen LogP contribution in [0.15, 0.2) is 33.9 Å². The number of rotatable bonds is 2. The normalized spacial score (nSPS) is 11.7. The maximum Gasteiger partial charge on any atom is 0.273 e. The minimum atomic E-state index is -3.85. The Hall–Kier alpha value is -1.25. The highest BCUT2D eigenvalue weighted by Crippen LogP contribution is 2.22. The van der Waals surface area contributed by atoms with Gasteiger partial charge in [0, 0.05) is 17.1 Å². The summed E-state index contributed by atoms with van der Waals surface area (Å²) in [5.74, 6) is 0.440. The van der Waals surface area contributed by atoms with Gasteiger partial charge in [0.2, 0.25) is 0 Å². The number of sulfonamides is 1. The predicted molar refractivity (Wildman–Crippen MR) is 65.5 cm³/mol. The minimum Gasteiger partial charge on any atom is -0.300 e. The zero-order valence-corrected chi connectivity index (χ0v) is 11.2. The fraction of sp³-hybridized carbons (Fsp3) is 0.111. The maximum absolute atomic E-state index is 11.2. The van der Waals surface area contributed by atoms with Gasteiger partial charge in [-0.05, 0) is 12.1 Å². The van der Waals surface area contributed by atoms with E-state index in [0.717, 1.165) is 10.0 Å². The number of aromatic nitrogens is 3. The summed E-state index contributed by atoms with van der Waals surface area (Å²) in [6.45, 7) is 0. The molecule has 0 aliphatic heterocycles. The van der Waals surface area contributed by atoms with Gasteiger partial charge in [0.05, 0.1) is 0 Å². The van der Waals surface area contributed by atoms with Gasteiger partial charge >= 0.3 is 0 Å². The van der Waals surface area contributed by atoms with Crippen molar-refractivity contribution in [3.05, 3.63) is 28.7 Å². The van der Waals surface area contributed by atoms with Crippen LogP contribution in [0.5, 0.6) is 0 Å². The first-order valence-electron chi connectivity index (χ1n) is 4.58. The second-order valence-corrected chi connectivity index (χ2v) is 5.79. The van der Waals surface area contributed by atoms with Crippen LogP contribution in [0, 0.1) is 0 Å². The second-order valence-electron chi connectivity index (χ2n) is 3.42. The van der Waals surface area contributed by atoms with E-state index in [1.165, 1.54) is 4.57 Å². The molecule has 0 amide bonds. The molecule has 17 heavy (non-hydrogen) atoms.